The molecular formula is C14H13FN2O2. The van der Waals surface area contributed by atoms with Gasteiger partial charge in [0.2, 0.25) is 0 Å². The number of rotatable bonds is 3. The monoisotopic (exact) mass is 260 g/mol. The van der Waals surface area contributed by atoms with Crippen LogP contribution in [-0.4, -0.2) is 22.5 Å². The molecule has 2 rings (SSSR count). The van der Waals surface area contributed by atoms with Gasteiger partial charge in [0.25, 0.3) is 5.91 Å². The molecule has 2 aromatic rings. The molecule has 0 atom stereocenters. The number of aromatic hydroxyl groups is 1. The molecule has 98 valence electrons. The Labute approximate surface area is 110 Å². The summed E-state index contributed by atoms with van der Waals surface area (Å²) in [6.07, 6.45) is 3.14. The van der Waals surface area contributed by atoms with Gasteiger partial charge >= 0.3 is 0 Å². The number of hydrogen-bond acceptors (Lipinski definition) is 3. The minimum atomic E-state index is -0.738. The van der Waals surface area contributed by atoms with Crippen molar-refractivity contribution >= 4 is 11.6 Å². The highest BCUT2D eigenvalue weighted by Gasteiger charge is 2.19. The predicted molar refractivity (Wildman–Crippen MR) is 69.7 cm³/mol. The fourth-order valence-electron chi connectivity index (χ4n) is 1.79. The minimum absolute atomic E-state index is 0.0727. The molecular weight excluding hydrogens is 247 g/mol. The van der Waals surface area contributed by atoms with Gasteiger partial charge in [-0.25, -0.2) is 4.39 Å². The molecule has 0 aliphatic heterocycles. The number of pyridine rings is 1. The van der Waals surface area contributed by atoms with E-state index in [0.29, 0.717) is 12.2 Å². The van der Waals surface area contributed by atoms with Crippen LogP contribution >= 0.6 is 0 Å². The lowest BCUT2D eigenvalue weighted by Crippen LogP contribution is -2.31. The fraction of sp³-hybridized carbons (Fsp3) is 0.143. The third-order valence-corrected chi connectivity index (χ3v) is 2.72. The summed E-state index contributed by atoms with van der Waals surface area (Å²) in [4.78, 5) is 17.6. The van der Waals surface area contributed by atoms with Gasteiger partial charge < -0.3 is 10.0 Å². The number of hydrogen-bond donors (Lipinski definition) is 1. The zero-order valence-electron chi connectivity index (χ0n) is 10.4. The summed E-state index contributed by atoms with van der Waals surface area (Å²) in [6.45, 7) is 2.21. The van der Waals surface area contributed by atoms with Crippen molar-refractivity contribution < 1.29 is 14.3 Å². The summed E-state index contributed by atoms with van der Waals surface area (Å²) < 4.78 is 13.7. The second kappa shape index (κ2) is 5.48. The largest absolute Gasteiger partial charge is 0.508 e. The molecule has 1 N–H and O–H groups in total. The van der Waals surface area contributed by atoms with Crippen LogP contribution in [0.4, 0.5) is 10.1 Å². The second-order valence-corrected chi connectivity index (χ2v) is 3.92. The minimum Gasteiger partial charge on any atom is -0.508 e. The smallest absolute Gasteiger partial charge is 0.261 e. The molecule has 0 saturated heterocycles. The van der Waals surface area contributed by atoms with E-state index in [2.05, 4.69) is 4.98 Å². The molecule has 4 nitrogen and oxygen atoms in total. The Morgan fingerprint density at radius 3 is 2.58 bits per heavy atom. The van der Waals surface area contributed by atoms with Crippen LogP contribution in [0.25, 0.3) is 0 Å². The van der Waals surface area contributed by atoms with Gasteiger partial charge in [-0.1, -0.05) is 0 Å². The number of amides is 1. The standard InChI is InChI=1S/C14H13FN2O2/c1-2-17(10-5-7-16-8-6-10)14(19)12-4-3-11(18)9-13(12)15/h3-9,18H,2H2,1H3. The van der Waals surface area contributed by atoms with E-state index in [1.807, 2.05) is 0 Å². The Balaban J connectivity index is 2.36. The molecule has 19 heavy (non-hydrogen) atoms. The van der Waals surface area contributed by atoms with Gasteiger partial charge in [0.05, 0.1) is 5.56 Å². The van der Waals surface area contributed by atoms with Crippen molar-refractivity contribution in [1.29, 1.82) is 0 Å². The molecule has 0 saturated carbocycles. The van der Waals surface area contributed by atoms with Crippen LogP contribution in [0.1, 0.15) is 17.3 Å². The molecule has 0 radical (unpaired) electrons. The topological polar surface area (TPSA) is 53.4 Å². The molecule has 5 heteroatoms. The lowest BCUT2D eigenvalue weighted by Gasteiger charge is -2.21. The van der Waals surface area contributed by atoms with Crippen LogP contribution in [0, 0.1) is 5.82 Å². The second-order valence-electron chi connectivity index (χ2n) is 3.92. The molecule has 0 bridgehead atoms. The van der Waals surface area contributed by atoms with Crippen LogP contribution in [0.5, 0.6) is 5.75 Å². The van der Waals surface area contributed by atoms with Gasteiger partial charge in [0, 0.05) is 30.7 Å². The van der Waals surface area contributed by atoms with Gasteiger partial charge in [-0.2, -0.15) is 0 Å². The zero-order chi connectivity index (χ0) is 13.8. The fourth-order valence-corrected chi connectivity index (χ4v) is 1.79. The molecule has 0 aliphatic rings. The predicted octanol–water partition coefficient (Wildman–Crippen LogP) is 2.59. The number of carbonyl (C=O) groups excluding carboxylic acids is 1. The maximum absolute atomic E-state index is 13.7. The lowest BCUT2D eigenvalue weighted by atomic mass is 10.1. The van der Waals surface area contributed by atoms with Crippen LogP contribution < -0.4 is 4.90 Å². The number of halogens is 1. The van der Waals surface area contributed by atoms with Gasteiger partial charge in [0.15, 0.2) is 0 Å². The lowest BCUT2D eigenvalue weighted by molar-refractivity contribution is 0.0984. The van der Waals surface area contributed by atoms with Gasteiger partial charge in [-0.15, -0.1) is 0 Å². The normalized spacial score (nSPS) is 10.2. The number of anilines is 1. The van der Waals surface area contributed by atoms with E-state index >= 15 is 0 Å². The number of carbonyl (C=O) groups is 1. The molecule has 0 aliphatic carbocycles. The number of phenols is 1. The van der Waals surface area contributed by atoms with E-state index in [9.17, 15) is 9.18 Å². The highest BCUT2D eigenvalue weighted by atomic mass is 19.1. The number of aromatic nitrogens is 1. The average molecular weight is 260 g/mol. The Morgan fingerprint density at radius 2 is 2.00 bits per heavy atom. The molecule has 0 unspecified atom stereocenters. The van der Waals surface area contributed by atoms with Gasteiger partial charge in [-0.05, 0) is 31.2 Å². The van der Waals surface area contributed by atoms with Crippen molar-refractivity contribution in [3.8, 4) is 5.75 Å². The van der Waals surface area contributed by atoms with Crippen molar-refractivity contribution in [2.24, 2.45) is 0 Å². The van der Waals surface area contributed by atoms with Gasteiger partial charge in [0.1, 0.15) is 11.6 Å². The Hall–Kier alpha value is -2.43. The third kappa shape index (κ3) is 2.70. The maximum atomic E-state index is 13.7. The van der Waals surface area contributed by atoms with E-state index in [0.717, 1.165) is 6.07 Å². The summed E-state index contributed by atoms with van der Waals surface area (Å²) in [7, 11) is 0. The summed E-state index contributed by atoms with van der Waals surface area (Å²) >= 11 is 0. The third-order valence-electron chi connectivity index (χ3n) is 2.72. The first-order valence-electron chi connectivity index (χ1n) is 5.84. The molecule has 1 amide bonds. The summed E-state index contributed by atoms with van der Waals surface area (Å²) in [5.74, 6) is -1.40. The molecule has 0 fully saturated rings. The zero-order valence-corrected chi connectivity index (χ0v) is 10.4. The van der Waals surface area contributed by atoms with Gasteiger partial charge in [-0.3, -0.25) is 9.78 Å². The first-order chi connectivity index (χ1) is 9.13. The Morgan fingerprint density at radius 1 is 1.32 bits per heavy atom. The molecule has 0 spiro atoms. The van der Waals surface area contributed by atoms with E-state index in [-0.39, 0.29) is 11.3 Å². The Bertz CT molecular complexity index is 587. The summed E-state index contributed by atoms with van der Waals surface area (Å²) in [5, 5.41) is 9.16. The summed E-state index contributed by atoms with van der Waals surface area (Å²) in [5.41, 5.74) is 0.575. The van der Waals surface area contributed by atoms with Crippen LogP contribution in [0.3, 0.4) is 0 Å². The number of phenolic OH excluding ortho intramolecular Hbond substituents is 1. The highest BCUT2D eigenvalue weighted by Crippen LogP contribution is 2.20. The first kappa shape index (κ1) is 13.0. The first-order valence-corrected chi connectivity index (χ1v) is 5.84. The number of nitrogens with zero attached hydrogens (tertiary/aromatic N) is 2. The Kier molecular flexibility index (Phi) is 3.75. The quantitative estimate of drug-likeness (QED) is 0.922. The molecule has 1 aromatic heterocycles. The van der Waals surface area contributed by atoms with E-state index in [1.165, 1.54) is 17.0 Å². The van der Waals surface area contributed by atoms with Crippen molar-refractivity contribution in [1.82, 2.24) is 4.98 Å². The van der Waals surface area contributed by atoms with E-state index < -0.39 is 11.7 Å². The highest BCUT2D eigenvalue weighted by molar-refractivity contribution is 6.06. The van der Waals surface area contributed by atoms with E-state index in [4.69, 9.17) is 5.11 Å². The SMILES string of the molecule is CCN(C(=O)c1ccc(O)cc1F)c1ccncc1. The van der Waals surface area contributed by atoms with Crippen molar-refractivity contribution in [3.05, 3.63) is 54.1 Å². The van der Waals surface area contributed by atoms with Crippen LogP contribution in [-0.2, 0) is 0 Å². The van der Waals surface area contributed by atoms with Crippen molar-refractivity contribution in [2.45, 2.75) is 6.92 Å². The maximum Gasteiger partial charge on any atom is 0.261 e. The number of benzene rings is 1. The van der Waals surface area contributed by atoms with Crippen LogP contribution in [0.2, 0.25) is 0 Å². The van der Waals surface area contributed by atoms with Crippen molar-refractivity contribution in [3.63, 3.8) is 0 Å². The van der Waals surface area contributed by atoms with Crippen LogP contribution in [0.15, 0.2) is 42.7 Å². The average Bonchev–Trinajstić information content (AvgIpc) is 2.40. The molecule has 1 heterocycles. The molecule has 1 aromatic carbocycles. The van der Waals surface area contributed by atoms with Crippen molar-refractivity contribution in [2.75, 3.05) is 11.4 Å². The summed E-state index contributed by atoms with van der Waals surface area (Å²) in [6, 6.07) is 6.85. The van der Waals surface area contributed by atoms with E-state index in [1.54, 1.807) is 31.5 Å².